The first-order chi connectivity index (χ1) is 10.2. The van der Waals surface area contributed by atoms with E-state index in [-0.39, 0.29) is 12.4 Å². The van der Waals surface area contributed by atoms with Crippen LogP contribution in [0.1, 0.15) is 11.1 Å². The molecular formula is C15H13F2N3S. The van der Waals surface area contributed by atoms with Gasteiger partial charge in [0.05, 0.1) is 5.56 Å². The highest BCUT2D eigenvalue weighted by Gasteiger charge is 2.09. The zero-order valence-corrected chi connectivity index (χ0v) is 12.0. The van der Waals surface area contributed by atoms with Gasteiger partial charge in [-0.1, -0.05) is 12.1 Å². The smallest absolute Gasteiger partial charge is 0.123 e. The van der Waals surface area contributed by atoms with Crippen LogP contribution in [0.5, 0.6) is 0 Å². The zero-order chi connectivity index (χ0) is 15.1. The summed E-state index contributed by atoms with van der Waals surface area (Å²) in [5.74, 6) is -0.297. The highest BCUT2D eigenvalue weighted by atomic mass is 32.2. The Morgan fingerprint density at radius 1 is 1.24 bits per heavy atom. The summed E-state index contributed by atoms with van der Waals surface area (Å²) >= 11 is 1.33. The molecule has 1 aromatic carbocycles. The van der Waals surface area contributed by atoms with Crippen LogP contribution in [0, 0.1) is 17.1 Å². The van der Waals surface area contributed by atoms with Crippen molar-refractivity contribution in [2.45, 2.75) is 11.4 Å². The predicted octanol–water partition coefficient (Wildman–Crippen LogP) is 3.57. The standard InChI is InChI=1S/C15H13F2N3S/c16-5-6-20(11-12-1-3-14(17)4-2-12)21-15-7-13(8-18)9-19-10-15/h1-4,7,9-10H,5-6,11H2. The molecular weight excluding hydrogens is 292 g/mol. The Balaban J connectivity index is 2.07. The number of alkyl halides is 1. The molecule has 0 aliphatic rings. The van der Waals surface area contributed by atoms with Gasteiger partial charge in [-0.3, -0.25) is 4.98 Å². The molecule has 0 amide bonds. The van der Waals surface area contributed by atoms with E-state index in [9.17, 15) is 8.78 Å². The van der Waals surface area contributed by atoms with Crippen molar-refractivity contribution >= 4 is 11.9 Å². The quantitative estimate of drug-likeness (QED) is 0.765. The first-order valence-corrected chi connectivity index (χ1v) is 7.07. The second kappa shape index (κ2) is 7.72. The van der Waals surface area contributed by atoms with Crippen molar-refractivity contribution in [1.82, 2.24) is 9.29 Å². The van der Waals surface area contributed by atoms with Gasteiger partial charge in [0, 0.05) is 30.4 Å². The van der Waals surface area contributed by atoms with Crippen molar-refractivity contribution in [3.8, 4) is 6.07 Å². The number of halogens is 2. The van der Waals surface area contributed by atoms with Gasteiger partial charge in [0.1, 0.15) is 18.6 Å². The molecule has 3 nitrogen and oxygen atoms in total. The van der Waals surface area contributed by atoms with Gasteiger partial charge >= 0.3 is 0 Å². The normalized spacial score (nSPS) is 10.6. The number of hydrogen-bond donors (Lipinski definition) is 0. The Hall–Kier alpha value is -1.97. The molecule has 0 aliphatic carbocycles. The number of hydrogen-bond acceptors (Lipinski definition) is 4. The predicted molar refractivity (Wildman–Crippen MR) is 77.6 cm³/mol. The van der Waals surface area contributed by atoms with Gasteiger partial charge < -0.3 is 0 Å². The van der Waals surface area contributed by atoms with Crippen LogP contribution in [0.15, 0.2) is 47.6 Å². The van der Waals surface area contributed by atoms with E-state index in [4.69, 9.17) is 5.26 Å². The molecule has 108 valence electrons. The minimum Gasteiger partial charge on any atom is -0.262 e. The van der Waals surface area contributed by atoms with Crippen molar-refractivity contribution in [2.75, 3.05) is 13.2 Å². The Morgan fingerprint density at radius 2 is 2.00 bits per heavy atom. The molecule has 0 atom stereocenters. The van der Waals surface area contributed by atoms with Gasteiger partial charge in [-0.05, 0) is 35.7 Å². The Morgan fingerprint density at radius 3 is 2.67 bits per heavy atom. The number of nitriles is 1. The minimum atomic E-state index is -0.487. The fourth-order valence-corrected chi connectivity index (χ4v) is 2.68. The van der Waals surface area contributed by atoms with E-state index in [0.29, 0.717) is 12.1 Å². The third-order valence-electron chi connectivity index (χ3n) is 2.68. The van der Waals surface area contributed by atoms with Crippen LogP contribution in [0.3, 0.4) is 0 Å². The summed E-state index contributed by atoms with van der Waals surface area (Å²) in [5, 5.41) is 8.85. The third kappa shape index (κ3) is 4.81. The third-order valence-corrected chi connectivity index (χ3v) is 3.69. The Bertz CT molecular complexity index is 626. The molecule has 21 heavy (non-hydrogen) atoms. The minimum absolute atomic E-state index is 0.235. The van der Waals surface area contributed by atoms with Crippen molar-refractivity contribution in [1.29, 1.82) is 5.26 Å². The van der Waals surface area contributed by atoms with Gasteiger partial charge in [0.15, 0.2) is 0 Å². The average molecular weight is 305 g/mol. The van der Waals surface area contributed by atoms with Crippen LogP contribution in [0.25, 0.3) is 0 Å². The molecule has 0 spiro atoms. The van der Waals surface area contributed by atoms with Crippen LogP contribution in [-0.4, -0.2) is 22.5 Å². The molecule has 6 heteroatoms. The molecule has 1 heterocycles. The fraction of sp³-hybridized carbons (Fsp3) is 0.200. The molecule has 1 aromatic heterocycles. The second-order valence-electron chi connectivity index (χ2n) is 4.29. The number of pyridine rings is 1. The van der Waals surface area contributed by atoms with E-state index in [1.165, 1.54) is 30.3 Å². The summed E-state index contributed by atoms with van der Waals surface area (Å²) in [6.07, 6.45) is 3.10. The summed E-state index contributed by atoms with van der Waals surface area (Å²) in [5.41, 5.74) is 1.35. The molecule has 0 N–H and O–H groups in total. The van der Waals surface area contributed by atoms with Gasteiger partial charge in [-0.25, -0.2) is 13.1 Å². The topological polar surface area (TPSA) is 39.9 Å². The summed E-state index contributed by atoms with van der Waals surface area (Å²) in [6, 6.07) is 9.82. The molecule has 0 saturated heterocycles. The maximum atomic E-state index is 12.9. The molecule has 0 fully saturated rings. The van der Waals surface area contributed by atoms with Gasteiger partial charge in [-0.15, -0.1) is 0 Å². The van der Waals surface area contributed by atoms with Crippen molar-refractivity contribution < 1.29 is 8.78 Å². The van der Waals surface area contributed by atoms with E-state index in [0.717, 1.165) is 10.5 Å². The summed E-state index contributed by atoms with van der Waals surface area (Å²) in [6.45, 7) is 0.226. The molecule has 0 unspecified atom stereocenters. The zero-order valence-electron chi connectivity index (χ0n) is 11.2. The monoisotopic (exact) mass is 305 g/mol. The van der Waals surface area contributed by atoms with E-state index >= 15 is 0 Å². The molecule has 0 radical (unpaired) electrons. The molecule has 0 aliphatic heterocycles. The summed E-state index contributed by atoms with van der Waals surface area (Å²) in [7, 11) is 0. The largest absolute Gasteiger partial charge is 0.262 e. The van der Waals surface area contributed by atoms with E-state index in [1.807, 2.05) is 10.4 Å². The first kappa shape index (κ1) is 15.4. The second-order valence-corrected chi connectivity index (χ2v) is 5.46. The molecule has 0 bridgehead atoms. The highest BCUT2D eigenvalue weighted by molar-refractivity contribution is 7.97. The van der Waals surface area contributed by atoms with Crippen LogP contribution in [0.2, 0.25) is 0 Å². The molecule has 0 saturated carbocycles. The van der Waals surface area contributed by atoms with Gasteiger partial charge in [0.2, 0.25) is 0 Å². The molecule has 2 aromatic rings. The lowest BCUT2D eigenvalue weighted by Gasteiger charge is -2.19. The average Bonchev–Trinajstić information content (AvgIpc) is 2.50. The fourth-order valence-electron chi connectivity index (χ4n) is 1.72. The lowest BCUT2D eigenvalue weighted by molar-refractivity contribution is 0.381. The maximum Gasteiger partial charge on any atom is 0.123 e. The van der Waals surface area contributed by atoms with Gasteiger partial charge in [-0.2, -0.15) is 5.26 Å². The number of nitrogens with zero attached hydrogens (tertiary/aromatic N) is 3. The lowest BCUT2D eigenvalue weighted by atomic mass is 10.2. The van der Waals surface area contributed by atoms with Crippen molar-refractivity contribution in [2.24, 2.45) is 0 Å². The number of rotatable bonds is 6. The lowest BCUT2D eigenvalue weighted by Crippen LogP contribution is -2.18. The van der Waals surface area contributed by atoms with Crippen molar-refractivity contribution in [3.63, 3.8) is 0 Å². The maximum absolute atomic E-state index is 12.9. The summed E-state index contributed by atoms with van der Waals surface area (Å²) < 4.78 is 27.4. The first-order valence-electron chi connectivity index (χ1n) is 6.30. The van der Waals surface area contributed by atoms with Crippen LogP contribution < -0.4 is 0 Å². The van der Waals surface area contributed by atoms with E-state index in [1.54, 1.807) is 24.4 Å². The number of aromatic nitrogens is 1. The van der Waals surface area contributed by atoms with Crippen LogP contribution in [0.4, 0.5) is 8.78 Å². The van der Waals surface area contributed by atoms with Crippen molar-refractivity contribution in [3.05, 3.63) is 59.7 Å². The van der Waals surface area contributed by atoms with Crippen LogP contribution in [-0.2, 0) is 6.54 Å². The van der Waals surface area contributed by atoms with E-state index < -0.39 is 6.67 Å². The van der Waals surface area contributed by atoms with Gasteiger partial charge in [0.25, 0.3) is 0 Å². The highest BCUT2D eigenvalue weighted by Crippen LogP contribution is 2.24. The summed E-state index contributed by atoms with van der Waals surface area (Å²) in [4.78, 5) is 4.74. The Labute approximate surface area is 126 Å². The SMILES string of the molecule is N#Cc1cncc(SN(CCF)Cc2ccc(F)cc2)c1. The Kier molecular flexibility index (Phi) is 5.67. The van der Waals surface area contributed by atoms with Crippen LogP contribution >= 0.6 is 11.9 Å². The number of benzene rings is 1. The molecule has 2 rings (SSSR count). The van der Waals surface area contributed by atoms with E-state index in [2.05, 4.69) is 4.98 Å².